The van der Waals surface area contributed by atoms with Crippen LogP contribution in [0.15, 0.2) is 0 Å². The molecule has 2 rings (SSSR count). The average molecular weight is 223 g/mol. The second-order valence-corrected chi connectivity index (χ2v) is 6.26. The Morgan fingerprint density at radius 1 is 1.06 bits per heavy atom. The molecular formula is C14H25NO. The molecule has 2 bridgehead atoms. The van der Waals surface area contributed by atoms with E-state index in [0.29, 0.717) is 18.0 Å². The van der Waals surface area contributed by atoms with Gasteiger partial charge < -0.3 is 4.90 Å². The molecule has 2 heteroatoms. The molecule has 2 saturated heterocycles. The minimum Gasteiger partial charge on any atom is -0.336 e. The predicted molar refractivity (Wildman–Crippen MR) is 66.1 cm³/mol. The van der Waals surface area contributed by atoms with Gasteiger partial charge in [-0.05, 0) is 37.5 Å². The molecule has 2 unspecified atom stereocenters. The highest BCUT2D eigenvalue weighted by Crippen LogP contribution is 2.41. The summed E-state index contributed by atoms with van der Waals surface area (Å²) in [5.41, 5.74) is 0. The van der Waals surface area contributed by atoms with Gasteiger partial charge in [0.2, 0.25) is 5.91 Å². The fraction of sp³-hybridized carbons (Fsp3) is 0.929. The number of piperidine rings is 1. The van der Waals surface area contributed by atoms with Crippen molar-refractivity contribution in [2.75, 3.05) is 0 Å². The number of carbonyl (C=O) groups excluding carboxylic acids is 1. The maximum Gasteiger partial charge on any atom is 0.225 e. The summed E-state index contributed by atoms with van der Waals surface area (Å²) in [6.45, 7) is 8.70. The van der Waals surface area contributed by atoms with Crippen LogP contribution in [0.2, 0.25) is 0 Å². The first-order valence-electron chi connectivity index (χ1n) is 6.83. The molecule has 0 saturated carbocycles. The summed E-state index contributed by atoms with van der Waals surface area (Å²) >= 11 is 0. The van der Waals surface area contributed by atoms with Crippen molar-refractivity contribution in [2.24, 2.45) is 17.8 Å². The number of hydrogen-bond donors (Lipinski definition) is 0. The van der Waals surface area contributed by atoms with Gasteiger partial charge in [0.05, 0.1) is 0 Å². The summed E-state index contributed by atoms with van der Waals surface area (Å²) in [4.78, 5) is 14.4. The molecule has 0 spiro atoms. The lowest BCUT2D eigenvalue weighted by atomic mass is 9.82. The van der Waals surface area contributed by atoms with E-state index in [1.807, 2.05) is 13.8 Å². The SMILES string of the molecule is CC(C)C(=O)N1C2CCC1CC(C(C)C)C2. The van der Waals surface area contributed by atoms with Crippen molar-refractivity contribution in [2.45, 2.75) is 65.5 Å². The largest absolute Gasteiger partial charge is 0.336 e. The highest BCUT2D eigenvalue weighted by Gasteiger charge is 2.43. The Balaban J connectivity index is 2.08. The summed E-state index contributed by atoms with van der Waals surface area (Å²) < 4.78 is 0. The van der Waals surface area contributed by atoms with Crippen LogP contribution in [-0.2, 0) is 4.79 Å². The fourth-order valence-electron chi connectivity index (χ4n) is 3.42. The minimum absolute atomic E-state index is 0.165. The lowest BCUT2D eigenvalue weighted by molar-refractivity contribution is -0.140. The van der Waals surface area contributed by atoms with Gasteiger partial charge in [-0.3, -0.25) is 4.79 Å². The molecule has 2 aliphatic heterocycles. The molecule has 92 valence electrons. The van der Waals surface area contributed by atoms with Gasteiger partial charge in [0.15, 0.2) is 0 Å². The van der Waals surface area contributed by atoms with Crippen molar-refractivity contribution in [3.8, 4) is 0 Å². The van der Waals surface area contributed by atoms with Crippen molar-refractivity contribution in [1.29, 1.82) is 0 Å². The van der Waals surface area contributed by atoms with E-state index in [9.17, 15) is 4.79 Å². The lowest BCUT2D eigenvalue weighted by Gasteiger charge is -2.41. The molecule has 2 atom stereocenters. The van der Waals surface area contributed by atoms with Gasteiger partial charge in [0.1, 0.15) is 0 Å². The number of amides is 1. The summed E-state index contributed by atoms with van der Waals surface area (Å²) in [6, 6.07) is 1.11. The summed E-state index contributed by atoms with van der Waals surface area (Å²) in [6.07, 6.45) is 4.97. The maximum atomic E-state index is 12.2. The zero-order valence-electron chi connectivity index (χ0n) is 11.1. The third kappa shape index (κ3) is 1.99. The van der Waals surface area contributed by atoms with E-state index in [1.54, 1.807) is 0 Å². The molecule has 0 aromatic rings. The Kier molecular flexibility index (Phi) is 3.27. The van der Waals surface area contributed by atoms with Crippen molar-refractivity contribution in [3.05, 3.63) is 0 Å². The van der Waals surface area contributed by atoms with E-state index in [1.165, 1.54) is 25.7 Å². The molecule has 2 fully saturated rings. The van der Waals surface area contributed by atoms with Crippen molar-refractivity contribution < 1.29 is 4.79 Å². The van der Waals surface area contributed by atoms with Crippen LogP contribution in [0.25, 0.3) is 0 Å². The maximum absolute atomic E-state index is 12.2. The van der Waals surface area contributed by atoms with Crippen molar-refractivity contribution >= 4 is 5.91 Å². The van der Waals surface area contributed by atoms with Crippen LogP contribution in [-0.4, -0.2) is 22.9 Å². The number of carbonyl (C=O) groups is 1. The van der Waals surface area contributed by atoms with Crippen LogP contribution in [0.4, 0.5) is 0 Å². The van der Waals surface area contributed by atoms with Crippen molar-refractivity contribution in [3.63, 3.8) is 0 Å². The first kappa shape index (κ1) is 11.9. The standard InChI is InChI=1S/C14H25NO/c1-9(2)11-7-12-5-6-13(8-11)15(12)14(16)10(3)4/h9-13H,5-8H2,1-4H3. The van der Waals surface area contributed by atoms with Crippen molar-refractivity contribution in [1.82, 2.24) is 4.90 Å². The quantitative estimate of drug-likeness (QED) is 0.704. The zero-order chi connectivity index (χ0) is 11.9. The van der Waals surface area contributed by atoms with Crippen LogP contribution in [0.5, 0.6) is 0 Å². The summed E-state index contributed by atoms with van der Waals surface area (Å²) in [7, 11) is 0. The van der Waals surface area contributed by atoms with Crippen LogP contribution < -0.4 is 0 Å². The summed E-state index contributed by atoms with van der Waals surface area (Å²) in [5, 5.41) is 0. The van der Waals surface area contributed by atoms with Gasteiger partial charge in [-0.15, -0.1) is 0 Å². The molecule has 0 radical (unpaired) electrons. The second-order valence-electron chi connectivity index (χ2n) is 6.26. The number of fused-ring (bicyclic) bond motifs is 2. The Bertz CT molecular complexity index is 258. The van der Waals surface area contributed by atoms with E-state index in [-0.39, 0.29) is 5.92 Å². The Labute approximate surface area is 99.4 Å². The number of nitrogens with zero attached hydrogens (tertiary/aromatic N) is 1. The van der Waals surface area contributed by atoms with Crippen LogP contribution >= 0.6 is 0 Å². The first-order chi connectivity index (χ1) is 7.50. The zero-order valence-corrected chi connectivity index (χ0v) is 11.1. The monoisotopic (exact) mass is 223 g/mol. The topological polar surface area (TPSA) is 20.3 Å². The fourth-order valence-corrected chi connectivity index (χ4v) is 3.42. The smallest absolute Gasteiger partial charge is 0.225 e. The van der Waals surface area contributed by atoms with Crippen LogP contribution in [0.3, 0.4) is 0 Å². The molecule has 0 aromatic carbocycles. The van der Waals surface area contributed by atoms with Gasteiger partial charge in [0, 0.05) is 18.0 Å². The summed E-state index contributed by atoms with van der Waals surface area (Å²) in [5.74, 6) is 2.17. The van der Waals surface area contributed by atoms with E-state index >= 15 is 0 Å². The average Bonchev–Trinajstić information content (AvgIpc) is 2.46. The highest BCUT2D eigenvalue weighted by atomic mass is 16.2. The van der Waals surface area contributed by atoms with E-state index in [2.05, 4.69) is 18.7 Å². The Morgan fingerprint density at radius 3 is 1.94 bits per heavy atom. The molecular weight excluding hydrogens is 198 g/mol. The molecule has 2 aliphatic rings. The molecule has 16 heavy (non-hydrogen) atoms. The molecule has 1 amide bonds. The van der Waals surface area contributed by atoms with Gasteiger partial charge in [-0.2, -0.15) is 0 Å². The van der Waals surface area contributed by atoms with Gasteiger partial charge in [-0.1, -0.05) is 27.7 Å². The van der Waals surface area contributed by atoms with Crippen LogP contribution in [0.1, 0.15) is 53.4 Å². The third-order valence-corrected chi connectivity index (χ3v) is 4.46. The molecule has 2 nitrogen and oxygen atoms in total. The predicted octanol–water partition coefficient (Wildman–Crippen LogP) is 3.07. The lowest BCUT2D eigenvalue weighted by Crippen LogP contribution is -2.48. The van der Waals surface area contributed by atoms with E-state index in [4.69, 9.17) is 0 Å². The molecule has 0 aromatic heterocycles. The number of hydrogen-bond acceptors (Lipinski definition) is 1. The van der Waals surface area contributed by atoms with Gasteiger partial charge >= 0.3 is 0 Å². The van der Waals surface area contributed by atoms with Gasteiger partial charge in [-0.25, -0.2) is 0 Å². The Morgan fingerprint density at radius 2 is 1.56 bits per heavy atom. The second kappa shape index (κ2) is 4.38. The van der Waals surface area contributed by atoms with E-state index in [0.717, 1.165) is 11.8 Å². The van der Waals surface area contributed by atoms with Crippen LogP contribution in [0, 0.1) is 17.8 Å². The molecule has 0 N–H and O–H groups in total. The highest BCUT2D eigenvalue weighted by molar-refractivity contribution is 5.79. The Hall–Kier alpha value is -0.530. The van der Waals surface area contributed by atoms with E-state index < -0.39 is 0 Å². The molecule has 0 aliphatic carbocycles. The third-order valence-electron chi connectivity index (χ3n) is 4.46. The van der Waals surface area contributed by atoms with Gasteiger partial charge in [0.25, 0.3) is 0 Å². The molecule has 2 heterocycles. The first-order valence-corrected chi connectivity index (χ1v) is 6.83. The number of rotatable bonds is 2. The normalized spacial score (nSPS) is 33.9. The minimum atomic E-state index is 0.165.